The number of anilines is 1. The number of piperidine rings is 1. The number of H-pyrrole nitrogens is 1. The fourth-order valence-electron chi connectivity index (χ4n) is 5.87. The first-order chi connectivity index (χ1) is 20.2. The average Bonchev–Trinajstić information content (AvgIpc) is 3.43. The van der Waals surface area contributed by atoms with E-state index in [1.54, 1.807) is 6.07 Å². The molecule has 2 aliphatic heterocycles. The number of aromatic amines is 1. The van der Waals surface area contributed by atoms with Gasteiger partial charge in [-0.3, -0.25) is 0 Å². The van der Waals surface area contributed by atoms with E-state index in [0.717, 1.165) is 28.2 Å². The third kappa shape index (κ3) is 5.37. The number of ether oxygens (including phenoxy) is 1. The molecule has 1 atom stereocenters. The van der Waals surface area contributed by atoms with Crippen molar-refractivity contribution in [2.75, 3.05) is 31.3 Å². The van der Waals surface area contributed by atoms with Crippen molar-refractivity contribution in [3.8, 4) is 0 Å². The lowest BCUT2D eigenvalue weighted by Crippen LogP contribution is -2.50. The summed E-state index contributed by atoms with van der Waals surface area (Å²) in [4.78, 5) is 25.3. The number of rotatable bonds is 8. The smallest absolute Gasteiger partial charge is 0.353 e. The van der Waals surface area contributed by atoms with Crippen molar-refractivity contribution in [1.82, 2.24) is 9.97 Å². The van der Waals surface area contributed by atoms with Gasteiger partial charge in [-0.2, -0.15) is 0 Å². The third-order valence-corrected chi connectivity index (χ3v) is 9.99. The molecule has 1 aromatic heterocycles. The second kappa shape index (κ2) is 11.1. The van der Waals surface area contributed by atoms with Gasteiger partial charge >= 0.3 is 5.91 Å². The number of quaternary nitrogens is 1. The minimum absolute atomic E-state index is 0.0491. The average molecular weight is 587 g/mol. The molecule has 0 aliphatic carbocycles. The Hall–Kier alpha value is -3.86. The highest BCUT2D eigenvalue weighted by Crippen LogP contribution is 2.40. The summed E-state index contributed by atoms with van der Waals surface area (Å²) in [6.07, 6.45) is 5.18. The van der Waals surface area contributed by atoms with E-state index in [0.29, 0.717) is 67.1 Å². The number of fused-ring (bicyclic) bond motifs is 6. The predicted octanol–water partition coefficient (Wildman–Crippen LogP) is 6.74. The molecule has 8 nitrogen and oxygen atoms in total. The third-order valence-electron chi connectivity index (χ3n) is 8.29. The first kappa shape index (κ1) is 28.3. The van der Waals surface area contributed by atoms with Gasteiger partial charge in [0.1, 0.15) is 18.6 Å². The summed E-state index contributed by atoms with van der Waals surface area (Å²) in [7, 11) is -1.32. The van der Waals surface area contributed by atoms with Crippen molar-refractivity contribution in [2.24, 2.45) is 5.16 Å². The number of halogens is 1. The fourth-order valence-corrected chi connectivity index (χ4v) is 6.63. The van der Waals surface area contributed by atoms with Gasteiger partial charge in [-0.25, -0.2) is 18.7 Å². The van der Waals surface area contributed by atoms with E-state index < -0.39 is 13.9 Å². The van der Waals surface area contributed by atoms with E-state index in [-0.39, 0.29) is 17.1 Å². The topological polar surface area (TPSA) is 90.8 Å². The molecule has 10 heteroatoms. The van der Waals surface area contributed by atoms with Crippen molar-refractivity contribution < 1.29 is 23.6 Å². The molecule has 0 saturated carbocycles. The Kier molecular flexibility index (Phi) is 7.46. The van der Waals surface area contributed by atoms with Crippen molar-refractivity contribution in [3.63, 3.8) is 0 Å². The van der Waals surface area contributed by atoms with E-state index in [4.69, 9.17) is 14.9 Å². The van der Waals surface area contributed by atoms with E-state index >= 15 is 0 Å². The molecule has 2 aliphatic rings. The normalized spacial score (nSPS) is 19.1. The highest BCUT2D eigenvalue weighted by molar-refractivity contribution is 6.76. The van der Waals surface area contributed by atoms with Gasteiger partial charge in [-0.05, 0) is 24.2 Å². The number of imidazole rings is 1. The van der Waals surface area contributed by atoms with Crippen LogP contribution in [0.2, 0.25) is 25.7 Å². The van der Waals surface area contributed by atoms with Gasteiger partial charge in [0, 0.05) is 62.0 Å². The number of oxime groups is 1. The lowest BCUT2D eigenvalue weighted by molar-refractivity contribution is -0.833. The van der Waals surface area contributed by atoms with Crippen LogP contribution in [0.1, 0.15) is 34.3 Å². The quantitative estimate of drug-likeness (QED) is 0.0785. The molecule has 2 N–H and O–H groups in total. The van der Waals surface area contributed by atoms with Gasteiger partial charge in [-0.15, -0.1) is 0 Å². The van der Waals surface area contributed by atoms with Crippen LogP contribution in [0.25, 0.3) is 27.9 Å². The SMILES string of the molecule is C[Si](C)(C)CCOC[N+]1(Cc2ccccc2)C=Cc2c(c3cc(F)ccc3c3[nH]c(N4CCC(=NO)CC4)nc23)C1=O. The Labute approximate surface area is 245 Å². The molecular weight excluding hydrogens is 549 g/mol. The van der Waals surface area contributed by atoms with Gasteiger partial charge in [0.05, 0.1) is 28.9 Å². The minimum Gasteiger partial charge on any atom is -0.411 e. The summed E-state index contributed by atoms with van der Waals surface area (Å²) >= 11 is 0. The molecule has 4 aromatic rings. The first-order valence-electron chi connectivity index (χ1n) is 14.5. The van der Waals surface area contributed by atoms with Crippen LogP contribution >= 0.6 is 0 Å². The summed E-state index contributed by atoms with van der Waals surface area (Å²) in [5.74, 6) is 0.158. The van der Waals surface area contributed by atoms with Crippen LogP contribution in [0.15, 0.2) is 59.9 Å². The number of carbonyl (C=O) groups is 1. The summed E-state index contributed by atoms with van der Waals surface area (Å²) < 4.78 is 21.0. The number of hydrogen-bond donors (Lipinski definition) is 2. The fraction of sp³-hybridized carbons (Fsp3) is 0.344. The maximum absolute atomic E-state index is 14.8. The molecule has 1 amide bonds. The lowest BCUT2D eigenvalue weighted by atomic mass is 9.92. The Morgan fingerprint density at radius 2 is 1.88 bits per heavy atom. The highest BCUT2D eigenvalue weighted by Gasteiger charge is 2.42. The summed E-state index contributed by atoms with van der Waals surface area (Å²) in [5, 5.41) is 13.9. The van der Waals surface area contributed by atoms with Crippen LogP contribution in [0.3, 0.4) is 0 Å². The number of hydrogen-bond acceptors (Lipinski definition) is 6. The zero-order valence-electron chi connectivity index (χ0n) is 24.4. The van der Waals surface area contributed by atoms with Crippen LogP contribution in [0.4, 0.5) is 10.3 Å². The van der Waals surface area contributed by atoms with E-state index in [1.807, 2.05) is 42.6 Å². The predicted molar refractivity (Wildman–Crippen MR) is 167 cm³/mol. The minimum atomic E-state index is -1.32. The Balaban J connectivity index is 1.46. The van der Waals surface area contributed by atoms with E-state index in [1.165, 1.54) is 12.1 Å². The number of carbonyl (C=O) groups excluding carboxylic acids is 1. The number of amides is 1. The molecule has 6 rings (SSSR count). The molecule has 3 heterocycles. The largest absolute Gasteiger partial charge is 0.411 e. The van der Waals surface area contributed by atoms with Crippen LogP contribution < -0.4 is 4.90 Å². The van der Waals surface area contributed by atoms with Gasteiger partial charge in [0.2, 0.25) is 5.95 Å². The summed E-state index contributed by atoms with van der Waals surface area (Å²) in [5.41, 5.74) is 4.40. The lowest BCUT2D eigenvalue weighted by Gasteiger charge is -2.35. The molecule has 42 heavy (non-hydrogen) atoms. The van der Waals surface area contributed by atoms with Crippen molar-refractivity contribution in [3.05, 3.63) is 77.2 Å². The van der Waals surface area contributed by atoms with Crippen molar-refractivity contribution >= 4 is 53.5 Å². The van der Waals surface area contributed by atoms with Gasteiger partial charge in [0.25, 0.3) is 0 Å². The Bertz CT molecular complexity index is 1700. The zero-order chi connectivity index (χ0) is 29.5. The van der Waals surface area contributed by atoms with Gasteiger partial charge in [0.15, 0.2) is 6.73 Å². The van der Waals surface area contributed by atoms with E-state index in [9.17, 15) is 9.18 Å². The summed E-state index contributed by atoms with van der Waals surface area (Å²) in [6.45, 7) is 9.44. The molecule has 3 aromatic carbocycles. The molecule has 1 unspecified atom stereocenters. The monoisotopic (exact) mass is 586 g/mol. The van der Waals surface area contributed by atoms with Gasteiger partial charge < -0.3 is 19.8 Å². The van der Waals surface area contributed by atoms with Crippen LogP contribution in [0.5, 0.6) is 0 Å². The highest BCUT2D eigenvalue weighted by atomic mass is 28.3. The number of nitrogens with one attached hydrogen (secondary N) is 1. The van der Waals surface area contributed by atoms with Gasteiger partial charge in [-0.1, -0.05) is 55.1 Å². The summed E-state index contributed by atoms with van der Waals surface area (Å²) in [6, 6.07) is 15.6. The zero-order valence-corrected chi connectivity index (χ0v) is 25.4. The Morgan fingerprint density at radius 1 is 1.12 bits per heavy atom. The maximum Gasteiger partial charge on any atom is 0.353 e. The molecule has 1 saturated heterocycles. The van der Waals surface area contributed by atoms with Crippen molar-refractivity contribution in [2.45, 2.75) is 45.1 Å². The number of nitrogens with zero attached hydrogens (tertiary/aromatic N) is 4. The maximum atomic E-state index is 14.8. The molecule has 0 radical (unpaired) electrons. The second-order valence-corrected chi connectivity index (χ2v) is 18.2. The number of aromatic nitrogens is 2. The first-order valence-corrected chi connectivity index (χ1v) is 18.2. The van der Waals surface area contributed by atoms with Crippen molar-refractivity contribution in [1.29, 1.82) is 0 Å². The van der Waals surface area contributed by atoms with E-state index in [2.05, 4.69) is 34.7 Å². The molecule has 1 fully saturated rings. The Morgan fingerprint density at radius 3 is 2.60 bits per heavy atom. The molecular formula is C32H37FN5O3Si+. The standard InChI is InChI=1S/C32H36FN5O3Si/c1-42(2,3)18-17-41-21-38(20-22-7-5-4-6-8-22)16-13-26-28(31(38)39)27-19-23(33)9-10-25(27)29-30(26)35-32(34-29)37-14-11-24(36-40)12-15-37/h4-10,13,16,19H,11-12,14-15,17-18,20-21H2,1-3H3,(H-,34,35,39,40)/p+1. The second-order valence-electron chi connectivity index (χ2n) is 12.6. The van der Waals surface area contributed by atoms with Crippen LogP contribution in [-0.4, -0.2) is 65.8 Å². The molecule has 0 spiro atoms. The number of benzene rings is 3. The molecule has 218 valence electrons. The van der Waals surface area contributed by atoms with Crippen LogP contribution in [-0.2, 0) is 11.3 Å². The molecule has 0 bridgehead atoms. The van der Waals surface area contributed by atoms with Crippen LogP contribution in [0, 0.1) is 5.82 Å².